The molecule has 0 bridgehead atoms. The van der Waals surface area contributed by atoms with E-state index in [0.29, 0.717) is 28.8 Å². The lowest BCUT2D eigenvalue weighted by Crippen LogP contribution is -2.31. The maximum absolute atomic E-state index is 12.9. The van der Waals surface area contributed by atoms with Crippen LogP contribution in [0.4, 0.5) is 0 Å². The third kappa shape index (κ3) is 4.00. The highest BCUT2D eigenvalue weighted by molar-refractivity contribution is 6.33. The molecule has 3 rings (SSSR count). The quantitative estimate of drug-likeness (QED) is 0.601. The van der Waals surface area contributed by atoms with E-state index in [1.165, 1.54) is 0 Å². The molecule has 0 saturated carbocycles. The van der Waals surface area contributed by atoms with Gasteiger partial charge in [-0.3, -0.25) is 4.79 Å². The Labute approximate surface area is 156 Å². The first kappa shape index (κ1) is 17.9. The summed E-state index contributed by atoms with van der Waals surface area (Å²) < 4.78 is 5.31. The molecule has 6 heteroatoms. The molecule has 0 aliphatic rings. The summed E-state index contributed by atoms with van der Waals surface area (Å²) in [5.74, 6) is 0.622. The van der Waals surface area contributed by atoms with Crippen molar-refractivity contribution in [2.75, 3.05) is 6.54 Å². The summed E-state index contributed by atoms with van der Waals surface area (Å²) in [6.45, 7) is 6.15. The fraction of sp³-hybridized carbons (Fsp3) is 0.150. The van der Waals surface area contributed by atoms with E-state index >= 15 is 0 Å². The van der Waals surface area contributed by atoms with E-state index in [2.05, 4.69) is 16.7 Å². The Hall–Kier alpha value is -2.92. The number of carbonyl (C=O) groups is 1. The average Bonchev–Trinajstić information content (AvgIpc) is 3.10. The first-order valence-electron chi connectivity index (χ1n) is 8.13. The molecule has 1 aromatic heterocycles. The zero-order valence-corrected chi connectivity index (χ0v) is 15.1. The Morgan fingerprint density at radius 1 is 1.27 bits per heavy atom. The number of amides is 1. The number of hydrogen-bond acceptors (Lipinski definition) is 4. The van der Waals surface area contributed by atoms with Crippen molar-refractivity contribution >= 4 is 17.5 Å². The summed E-state index contributed by atoms with van der Waals surface area (Å²) in [5, 5.41) is 4.40. The maximum Gasteiger partial charge on any atom is 0.256 e. The molecule has 0 atom stereocenters. The first-order chi connectivity index (χ1) is 12.6. The highest BCUT2D eigenvalue weighted by atomic mass is 35.5. The summed E-state index contributed by atoms with van der Waals surface area (Å²) >= 11 is 6.23. The van der Waals surface area contributed by atoms with E-state index in [4.69, 9.17) is 16.1 Å². The van der Waals surface area contributed by atoms with Crippen LogP contribution in [0.15, 0.2) is 65.7 Å². The summed E-state index contributed by atoms with van der Waals surface area (Å²) in [6, 6.07) is 14.9. The molecule has 1 amide bonds. The van der Waals surface area contributed by atoms with Crippen LogP contribution in [0, 0.1) is 6.92 Å². The minimum absolute atomic E-state index is 0.175. The number of aromatic nitrogens is 2. The fourth-order valence-corrected chi connectivity index (χ4v) is 2.84. The van der Waals surface area contributed by atoms with E-state index in [0.717, 1.165) is 11.1 Å². The van der Waals surface area contributed by atoms with E-state index in [-0.39, 0.29) is 12.5 Å². The van der Waals surface area contributed by atoms with Crippen molar-refractivity contribution < 1.29 is 9.32 Å². The topological polar surface area (TPSA) is 59.2 Å². The summed E-state index contributed by atoms with van der Waals surface area (Å²) in [5.41, 5.74) is 2.28. The van der Waals surface area contributed by atoms with Crippen molar-refractivity contribution in [1.29, 1.82) is 0 Å². The van der Waals surface area contributed by atoms with Crippen molar-refractivity contribution in [2.45, 2.75) is 13.5 Å². The highest BCUT2D eigenvalue weighted by Crippen LogP contribution is 2.21. The van der Waals surface area contributed by atoms with Crippen LogP contribution in [0.5, 0.6) is 0 Å². The van der Waals surface area contributed by atoms with Crippen LogP contribution >= 0.6 is 11.6 Å². The van der Waals surface area contributed by atoms with Gasteiger partial charge in [-0.25, -0.2) is 0 Å². The summed E-state index contributed by atoms with van der Waals surface area (Å²) in [4.78, 5) is 18.8. The normalized spacial score (nSPS) is 10.5. The van der Waals surface area contributed by atoms with Gasteiger partial charge in [-0.2, -0.15) is 4.98 Å². The zero-order valence-electron chi connectivity index (χ0n) is 14.4. The number of aryl methyl sites for hydroxylation is 1. The van der Waals surface area contributed by atoms with E-state index in [1.54, 1.807) is 23.1 Å². The molecule has 3 aromatic rings. The van der Waals surface area contributed by atoms with Crippen LogP contribution in [0.25, 0.3) is 11.4 Å². The lowest BCUT2D eigenvalue weighted by Gasteiger charge is -2.19. The summed E-state index contributed by atoms with van der Waals surface area (Å²) in [7, 11) is 0. The predicted octanol–water partition coefficient (Wildman–Crippen LogP) is 4.53. The zero-order chi connectivity index (χ0) is 18.5. The van der Waals surface area contributed by atoms with Crippen molar-refractivity contribution in [1.82, 2.24) is 15.0 Å². The molecule has 0 aliphatic heterocycles. The second-order valence-corrected chi connectivity index (χ2v) is 6.24. The lowest BCUT2D eigenvalue weighted by molar-refractivity contribution is 0.0745. The molecule has 1 heterocycles. The molecular weight excluding hydrogens is 350 g/mol. The van der Waals surface area contributed by atoms with Crippen LogP contribution in [0.2, 0.25) is 5.02 Å². The number of benzene rings is 2. The minimum atomic E-state index is -0.214. The molecule has 26 heavy (non-hydrogen) atoms. The van der Waals surface area contributed by atoms with E-state index in [9.17, 15) is 4.79 Å². The molecule has 0 spiro atoms. The van der Waals surface area contributed by atoms with Crippen LogP contribution in [0.3, 0.4) is 0 Å². The minimum Gasteiger partial charge on any atom is -0.337 e. The number of carbonyl (C=O) groups excluding carboxylic acids is 1. The maximum atomic E-state index is 12.9. The van der Waals surface area contributed by atoms with E-state index in [1.807, 2.05) is 43.3 Å². The smallest absolute Gasteiger partial charge is 0.256 e. The highest BCUT2D eigenvalue weighted by Gasteiger charge is 2.20. The molecule has 0 radical (unpaired) electrons. The molecule has 0 aliphatic carbocycles. The van der Waals surface area contributed by atoms with Gasteiger partial charge in [0.25, 0.3) is 5.91 Å². The summed E-state index contributed by atoms with van der Waals surface area (Å²) in [6.07, 6.45) is 1.65. The first-order valence-corrected chi connectivity index (χ1v) is 8.50. The standard InChI is InChI=1S/C20H18ClN3O2/c1-3-11-24(20(25)16-10-9-14(2)12-17(16)21)13-18-22-19(23-26-18)15-7-5-4-6-8-15/h3-10,12H,1,11,13H2,2H3. The van der Waals surface area contributed by atoms with Gasteiger partial charge in [0, 0.05) is 12.1 Å². The Balaban J connectivity index is 1.81. The third-order valence-electron chi connectivity index (χ3n) is 3.82. The Morgan fingerprint density at radius 3 is 2.73 bits per heavy atom. The SMILES string of the molecule is C=CCN(Cc1nc(-c2ccccc2)no1)C(=O)c1ccc(C)cc1Cl. The Bertz CT molecular complexity index is 922. The molecule has 0 fully saturated rings. The fourth-order valence-electron chi connectivity index (χ4n) is 2.53. The van der Waals surface area contributed by atoms with Gasteiger partial charge in [0.05, 0.1) is 10.6 Å². The number of halogens is 1. The lowest BCUT2D eigenvalue weighted by atomic mass is 10.1. The Kier molecular flexibility index (Phi) is 5.49. The van der Waals surface area contributed by atoms with Crippen molar-refractivity contribution in [2.24, 2.45) is 0 Å². The van der Waals surface area contributed by atoms with Crippen LogP contribution in [-0.4, -0.2) is 27.5 Å². The van der Waals surface area contributed by atoms with Gasteiger partial charge in [-0.15, -0.1) is 6.58 Å². The van der Waals surface area contributed by atoms with Gasteiger partial charge in [-0.05, 0) is 24.6 Å². The molecular formula is C20H18ClN3O2. The van der Waals surface area contributed by atoms with Crippen LogP contribution in [0.1, 0.15) is 21.8 Å². The van der Waals surface area contributed by atoms with Crippen molar-refractivity contribution in [3.05, 3.63) is 83.2 Å². The van der Waals surface area contributed by atoms with Crippen LogP contribution in [-0.2, 0) is 6.54 Å². The average molecular weight is 368 g/mol. The van der Waals surface area contributed by atoms with Crippen molar-refractivity contribution in [3.63, 3.8) is 0 Å². The number of rotatable bonds is 6. The Morgan fingerprint density at radius 2 is 2.04 bits per heavy atom. The number of hydrogen-bond donors (Lipinski definition) is 0. The van der Waals surface area contributed by atoms with Gasteiger partial charge in [-0.1, -0.05) is 59.2 Å². The molecule has 5 nitrogen and oxygen atoms in total. The van der Waals surface area contributed by atoms with Crippen molar-refractivity contribution in [3.8, 4) is 11.4 Å². The molecule has 0 N–H and O–H groups in total. The van der Waals surface area contributed by atoms with E-state index < -0.39 is 0 Å². The second kappa shape index (κ2) is 7.97. The molecule has 0 saturated heterocycles. The third-order valence-corrected chi connectivity index (χ3v) is 4.13. The largest absolute Gasteiger partial charge is 0.337 e. The van der Waals surface area contributed by atoms with Gasteiger partial charge < -0.3 is 9.42 Å². The molecule has 132 valence electrons. The molecule has 2 aromatic carbocycles. The van der Waals surface area contributed by atoms with Gasteiger partial charge in [0.15, 0.2) is 0 Å². The number of nitrogens with zero attached hydrogens (tertiary/aromatic N) is 3. The van der Waals surface area contributed by atoms with Gasteiger partial charge in [0.1, 0.15) is 6.54 Å². The predicted molar refractivity (Wildman–Crippen MR) is 101 cm³/mol. The molecule has 0 unspecified atom stereocenters. The van der Waals surface area contributed by atoms with Crippen LogP contribution < -0.4 is 0 Å². The van der Waals surface area contributed by atoms with Gasteiger partial charge in [0.2, 0.25) is 11.7 Å². The monoisotopic (exact) mass is 367 g/mol. The van der Waals surface area contributed by atoms with Gasteiger partial charge >= 0.3 is 0 Å². The second-order valence-electron chi connectivity index (χ2n) is 5.84.